The number of rotatable bonds is 1. The summed E-state index contributed by atoms with van der Waals surface area (Å²) in [5, 5.41) is 8.08. The molecule has 0 aliphatic carbocycles. The van der Waals surface area contributed by atoms with E-state index in [9.17, 15) is 0 Å². The van der Waals surface area contributed by atoms with Crippen LogP contribution in [0, 0.1) is 0 Å². The smallest absolute Gasteiger partial charge is 0.188 e. The van der Waals surface area contributed by atoms with E-state index in [1.807, 2.05) is 12.1 Å². The van der Waals surface area contributed by atoms with Crippen LogP contribution in [0.5, 0.6) is 0 Å². The van der Waals surface area contributed by atoms with Gasteiger partial charge in [-0.2, -0.15) is 0 Å². The van der Waals surface area contributed by atoms with Gasteiger partial charge in [-0.3, -0.25) is 4.40 Å². The molecule has 6 heteroatoms. The average molecular weight is 212 g/mol. The lowest BCUT2D eigenvalue weighted by atomic mass is 10.3. The third kappa shape index (κ3) is 1.28. The van der Waals surface area contributed by atoms with Crippen LogP contribution >= 0.6 is 0 Å². The summed E-state index contributed by atoms with van der Waals surface area (Å²) in [7, 11) is 0. The van der Waals surface area contributed by atoms with Gasteiger partial charge in [0.05, 0.1) is 0 Å². The summed E-state index contributed by atoms with van der Waals surface area (Å²) in [6, 6.07) is 7.17. The van der Waals surface area contributed by atoms with Crippen molar-refractivity contribution in [2.75, 3.05) is 5.73 Å². The number of nitrogen functional groups attached to an aromatic ring is 1. The van der Waals surface area contributed by atoms with Crippen LogP contribution in [0.4, 0.5) is 5.82 Å². The molecule has 0 fully saturated rings. The zero-order valence-corrected chi connectivity index (χ0v) is 8.28. The van der Waals surface area contributed by atoms with Crippen LogP contribution in [-0.4, -0.2) is 24.6 Å². The zero-order valence-electron chi connectivity index (χ0n) is 8.28. The zero-order chi connectivity index (χ0) is 11.0. The molecule has 0 aliphatic rings. The number of aromatic nitrogens is 5. The highest BCUT2D eigenvalue weighted by Gasteiger charge is 2.08. The minimum absolute atomic E-state index is 0.457. The molecule has 3 aromatic rings. The molecule has 6 nitrogen and oxygen atoms in total. The van der Waals surface area contributed by atoms with E-state index in [-0.39, 0.29) is 0 Å². The first-order chi connectivity index (χ1) is 7.84. The second-order valence-electron chi connectivity index (χ2n) is 3.28. The van der Waals surface area contributed by atoms with E-state index in [0.717, 1.165) is 5.65 Å². The van der Waals surface area contributed by atoms with Gasteiger partial charge in [0, 0.05) is 12.3 Å². The molecule has 0 atom stereocenters. The van der Waals surface area contributed by atoms with Crippen LogP contribution in [0.2, 0.25) is 0 Å². The normalized spacial score (nSPS) is 10.8. The highest BCUT2D eigenvalue weighted by atomic mass is 15.3. The molecule has 78 valence electrons. The summed E-state index contributed by atoms with van der Waals surface area (Å²) in [5.74, 6) is 1.09. The monoisotopic (exact) mass is 212 g/mol. The second-order valence-corrected chi connectivity index (χ2v) is 3.28. The Bertz CT molecular complexity index is 644. The molecule has 0 saturated heterocycles. The standard InChI is InChI=1S/C10H8N6/c11-8-3-1-2-7(13-8)10-15-14-9-4-5-12-6-16(9)10/h1-6H,(H2,11,13). The van der Waals surface area contributed by atoms with Crippen molar-refractivity contribution in [1.29, 1.82) is 0 Å². The molecule has 16 heavy (non-hydrogen) atoms. The maximum absolute atomic E-state index is 5.62. The highest BCUT2D eigenvalue weighted by Crippen LogP contribution is 2.15. The van der Waals surface area contributed by atoms with Gasteiger partial charge in [-0.05, 0) is 12.1 Å². The summed E-state index contributed by atoms with van der Waals surface area (Å²) in [4.78, 5) is 8.21. The number of pyridine rings is 1. The van der Waals surface area contributed by atoms with Crippen molar-refractivity contribution in [2.45, 2.75) is 0 Å². The lowest BCUT2D eigenvalue weighted by Crippen LogP contribution is -1.95. The Morgan fingerprint density at radius 2 is 2.06 bits per heavy atom. The molecule has 0 radical (unpaired) electrons. The minimum atomic E-state index is 0.457. The maximum atomic E-state index is 5.62. The average Bonchev–Trinajstić information content (AvgIpc) is 2.72. The number of hydrogen-bond acceptors (Lipinski definition) is 5. The quantitative estimate of drug-likeness (QED) is 0.644. The van der Waals surface area contributed by atoms with Crippen LogP contribution in [0.3, 0.4) is 0 Å². The Morgan fingerprint density at radius 1 is 1.12 bits per heavy atom. The van der Waals surface area contributed by atoms with Crippen molar-refractivity contribution in [3.8, 4) is 11.5 Å². The van der Waals surface area contributed by atoms with E-state index in [2.05, 4.69) is 20.2 Å². The predicted molar refractivity (Wildman–Crippen MR) is 58.4 cm³/mol. The second kappa shape index (κ2) is 3.27. The molecule has 0 saturated carbocycles. The molecule has 0 aromatic carbocycles. The van der Waals surface area contributed by atoms with Crippen molar-refractivity contribution >= 4 is 11.5 Å². The van der Waals surface area contributed by atoms with Gasteiger partial charge in [-0.25, -0.2) is 9.97 Å². The molecule has 3 heterocycles. The van der Waals surface area contributed by atoms with E-state index in [4.69, 9.17) is 5.73 Å². The predicted octanol–water partition coefficient (Wildman–Crippen LogP) is 0.768. The van der Waals surface area contributed by atoms with Crippen LogP contribution in [0.1, 0.15) is 0 Å². The number of hydrogen-bond donors (Lipinski definition) is 1. The lowest BCUT2D eigenvalue weighted by Gasteiger charge is -1.99. The largest absolute Gasteiger partial charge is 0.384 e. The summed E-state index contributed by atoms with van der Waals surface area (Å²) >= 11 is 0. The first kappa shape index (κ1) is 8.78. The van der Waals surface area contributed by atoms with E-state index in [0.29, 0.717) is 17.3 Å². The van der Waals surface area contributed by atoms with Gasteiger partial charge >= 0.3 is 0 Å². The minimum Gasteiger partial charge on any atom is -0.384 e. The number of fused-ring (bicyclic) bond motifs is 1. The summed E-state index contributed by atoms with van der Waals surface area (Å²) in [5.41, 5.74) is 7.04. The van der Waals surface area contributed by atoms with Crippen LogP contribution < -0.4 is 5.73 Å². The Morgan fingerprint density at radius 3 is 2.94 bits per heavy atom. The molecule has 3 aromatic heterocycles. The fraction of sp³-hybridized carbons (Fsp3) is 0. The van der Waals surface area contributed by atoms with Crippen molar-refractivity contribution in [1.82, 2.24) is 24.6 Å². The van der Waals surface area contributed by atoms with Crippen LogP contribution in [0.15, 0.2) is 36.8 Å². The van der Waals surface area contributed by atoms with E-state index < -0.39 is 0 Å². The first-order valence-electron chi connectivity index (χ1n) is 4.72. The maximum Gasteiger partial charge on any atom is 0.188 e. The van der Waals surface area contributed by atoms with Gasteiger partial charge in [0.1, 0.15) is 17.8 Å². The molecule has 3 rings (SSSR count). The Hall–Kier alpha value is -2.50. The third-order valence-electron chi connectivity index (χ3n) is 2.21. The summed E-state index contributed by atoms with van der Waals surface area (Å²) < 4.78 is 1.77. The SMILES string of the molecule is Nc1cccc(-c2nnc3ccncn23)n1. The molecular formula is C10H8N6. The van der Waals surface area contributed by atoms with Gasteiger partial charge in [0.25, 0.3) is 0 Å². The molecule has 0 bridgehead atoms. The van der Waals surface area contributed by atoms with Crippen LogP contribution in [-0.2, 0) is 0 Å². The molecule has 0 unspecified atom stereocenters. The lowest BCUT2D eigenvalue weighted by molar-refractivity contribution is 1.06. The number of anilines is 1. The van der Waals surface area contributed by atoms with E-state index in [1.165, 1.54) is 0 Å². The molecule has 2 N–H and O–H groups in total. The van der Waals surface area contributed by atoms with Crippen molar-refractivity contribution in [3.63, 3.8) is 0 Å². The Balaban J connectivity index is 2.26. The van der Waals surface area contributed by atoms with Gasteiger partial charge in [0.15, 0.2) is 11.5 Å². The van der Waals surface area contributed by atoms with E-state index >= 15 is 0 Å². The van der Waals surface area contributed by atoms with Crippen molar-refractivity contribution in [2.24, 2.45) is 0 Å². The summed E-state index contributed by atoms with van der Waals surface area (Å²) in [6.07, 6.45) is 3.32. The topological polar surface area (TPSA) is 82.0 Å². The fourth-order valence-electron chi connectivity index (χ4n) is 1.50. The number of nitrogens with two attached hydrogens (primary N) is 1. The molecule has 0 aliphatic heterocycles. The highest BCUT2D eigenvalue weighted by molar-refractivity contribution is 5.56. The third-order valence-corrected chi connectivity index (χ3v) is 2.21. The van der Waals surface area contributed by atoms with Crippen molar-refractivity contribution in [3.05, 3.63) is 36.8 Å². The molecule has 0 amide bonds. The Kier molecular flexibility index (Phi) is 1.79. The van der Waals surface area contributed by atoms with Crippen LogP contribution in [0.25, 0.3) is 17.2 Å². The van der Waals surface area contributed by atoms with E-state index in [1.54, 1.807) is 29.1 Å². The van der Waals surface area contributed by atoms with Gasteiger partial charge in [-0.15, -0.1) is 10.2 Å². The Labute approximate surface area is 90.8 Å². The van der Waals surface area contributed by atoms with Gasteiger partial charge in [-0.1, -0.05) is 6.07 Å². The van der Waals surface area contributed by atoms with Gasteiger partial charge in [0.2, 0.25) is 0 Å². The number of nitrogens with zero attached hydrogens (tertiary/aromatic N) is 5. The first-order valence-corrected chi connectivity index (χ1v) is 4.72. The summed E-state index contributed by atoms with van der Waals surface area (Å²) in [6.45, 7) is 0. The fourth-order valence-corrected chi connectivity index (χ4v) is 1.50. The molecular weight excluding hydrogens is 204 g/mol. The van der Waals surface area contributed by atoms with Gasteiger partial charge < -0.3 is 5.73 Å². The van der Waals surface area contributed by atoms with Crippen molar-refractivity contribution < 1.29 is 0 Å². The molecule has 0 spiro atoms.